The lowest BCUT2D eigenvalue weighted by molar-refractivity contribution is -0.152. The number of allylic oxidation sites excluding steroid dienone is 6. The van der Waals surface area contributed by atoms with E-state index in [0.717, 1.165) is 38.5 Å². The Morgan fingerprint density at radius 1 is 0.697 bits per heavy atom. The Morgan fingerprint density at radius 3 is 1.73 bits per heavy atom. The summed E-state index contributed by atoms with van der Waals surface area (Å²) in [4.78, 5) is 12.3. The van der Waals surface area contributed by atoms with Crippen molar-refractivity contribution in [1.29, 1.82) is 0 Å². The van der Waals surface area contributed by atoms with Gasteiger partial charge in [-0.2, -0.15) is 0 Å². The van der Waals surface area contributed by atoms with Gasteiger partial charge in [0, 0.05) is 6.42 Å². The van der Waals surface area contributed by atoms with Crippen LogP contribution in [0.15, 0.2) is 36.5 Å². The smallest absolute Gasteiger partial charge is 0.306 e. The molecule has 0 heterocycles. The zero-order valence-corrected chi connectivity index (χ0v) is 24.7. The molecule has 192 valence electrons. The quantitative estimate of drug-likeness (QED) is 0.0737. The highest BCUT2D eigenvalue weighted by atomic mass is 28.4. The lowest BCUT2D eigenvalue weighted by atomic mass is 10.1. The van der Waals surface area contributed by atoms with Gasteiger partial charge in [0.2, 0.25) is 0 Å². The molecular weight excluding hydrogens is 444 g/mol. The van der Waals surface area contributed by atoms with Crippen molar-refractivity contribution in [2.75, 3.05) is 13.2 Å². The highest BCUT2D eigenvalue weighted by Crippen LogP contribution is 2.12. The van der Waals surface area contributed by atoms with E-state index in [1.165, 1.54) is 19.3 Å². The fourth-order valence-corrected chi connectivity index (χ4v) is 4.31. The van der Waals surface area contributed by atoms with Crippen LogP contribution in [0.2, 0.25) is 39.3 Å². The summed E-state index contributed by atoms with van der Waals surface area (Å²) in [6.07, 6.45) is 23.5. The number of carbonyl (C=O) groups is 1. The number of esters is 1. The zero-order chi connectivity index (χ0) is 25.0. The molecule has 0 N–H and O–H groups in total. The summed E-state index contributed by atoms with van der Waals surface area (Å²) in [6.45, 7) is 15.9. The average Bonchev–Trinajstić information content (AvgIpc) is 2.71. The molecule has 0 radical (unpaired) electrons. The number of unbranched alkanes of at least 4 members (excludes halogenated alkanes) is 5. The largest absolute Gasteiger partial charge is 0.458 e. The summed E-state index contributed by atoms with van der Waals surface area (Å²) in [5.74, 6) is -0.125. The highest BCUT2D eigenvalue weighted by molar-refractivity contribution is 6.70. The van der Waals surface area contributed by atoms with Gasteiger partial charge in [0.1, 0.15) is 6.10 Å². The van der Waals surface area contributed by atoms with Crippen molar-refractivity contribution < 1.29 is 18.4 Å². The highest BCUT2D eigenvalue weighted by Gasteiger charge is 2.23. The summed E-state index contributed by atoms with van der Waals surface area (Å²) < 4.78 is 17.6. The summed E-state index contributed by atoms with van der Waals surface area (Å²) >= 11 is 0. The fraction of sp³-hybridized carbons (Fsp3) is 0.741. The molecule has 0 aromatic carbocycles. The topological polar surface area (TPSA) is 44.8 Å². The van der Waals surface area contributed by atoms with Gasteiger partial charge >= 0.3 is 5.97 Å². The molecule has 0 aliphatic carbocycles. The van der Waals surface area contributed by atoms with Crippen LogP contribution in [0, 0.1) is 0 Å². The maximum Gasteiger partial charge on any atom is 0.306 e. The first-order chi connectivity index (χ1) is 15.5. The zero-order valence-electron chi connectivity index (χ0n) is 22.7. The van der Waals surface area contributed by atoms with E-state index < -0.39 is 16.6 Å². The summed E-state index contributed by atoms with van der Waals surface area (Å²) in [7, 11) is -3.31. The Hall–Kier alpha value is -0.956. The van der Waals surface area contributed by atoms with Crippen molar-refractivity contribution in [1.82, 2.24) is 0 Å². The van der Waals surface area contributed by atoms with E-state index >= 15 is 0 Å². The van der Waals surface area contributed by atoms with E-state index in [1.807, 2.05) is 0 Å². The monoisotopic (exact) mass is 496 g/mol. The lowest BCUT2D eigenvalue weighted by Crippen LogP contribution is -2.38. The molecule has 0 fully saturated rings. The van der Waals surface area contributed by atoms with E-state index in [0.29, 0.717) is 19.6 Å². The predicted molar refractivity (Wildman–Crippen MR) is 148 cm³/mol. The van der Waals surface area contributed by atoms with Gasteiger partial charge in [0.25, 0.3) is 0 Å². The van der Waals surface area contributed by atoms with Crippen LogP contribution in [0.4, 0.5) is 0 Å². The molecule has 0 aliphatic heterocycles. The van der Waals surface area contributed by atoms with Gasteiger partial charge in [-0.25, -0.2) is 0 Å². The molecule has 0 bridgehead atoms. The minimum Gasteiger partial charge on any atom is -0.458 e. The SMILES string of the molecule is CC/C=C/C/C=C/C/C=C/CCCCCCCC(=O)OC(CO[Si](C)(C)C)CO[Si](C)(C)C. The van der Waals surface area contributed by atoms with Crippen molar-refractivity contribution in [3.63, 3.8) is 0 Å². The first-order valence-electron chi connectivity index (χ1n) is 13.0. The Labute approximate surface area is 207 Å². The molecule has 0 rings (SSSR count). The minimum atomic E-state index is -1.66. The molecule has 0 aromatic rings. The molecule has 6 heteroatoms. The van der Waals surface area contributed by atoms with Gasteiger partial charge in [-0.3, -0.25) is 4.79 Å². The molecule has 0 unspecified atom stereocenters. The molecule has 0 aromatic heterocycles. The van der Waals surface area contributed by atoms with Crippen molar-refractivity contribution >= 4 is 22.6 Å². The average molecular weight is 497 g/mol. The van der Waals surface area contributed by atoms with Crippen LogP contribution >= 0.6 is 0 Å². The Bertz CT molecular complexity index is 554. The molecule has 0 atom stereocenters. The van der Waals surface area contributed by atoms with E-state index in [1.54, 1.807) is 0 Å². The molecule has 0 spiro atoms. The molecule has 33 heavy (non-hydrogen) atoms. The lowest BCUT2D eigenvalue weighted by Gasteiger charge is -2.26. The number of rotatable bonds is 20. The number of hydrogen-bond donors (Lipinski definition) is 0. The third-order valence-corrected chi connectivity index (χ3v) is 6.80. The van der Waals surface area contributed by atoms with Gasteiger partial charge in [-0.1, -0.05) is 62.6 Å². The molecular formula is C27H52O4Si2. The van der Waals surface area contributed by atoms with Gasteiger partial charge in [-0.05, 0) is 77.8 Å². The first-order valence-corrected chi connectivity index (χ1v) is 19.8. The van der Waals surface area contributed by atoms with Crippen LogP contribution in [0.25, 0.3) is 0 Å². The summed E-state index contributed by atoms with van der Waals surface area (Å²) in [6, 6.07) is 0. The van der Waals surface area contributed by atoms with Crippen molar-refractivity contribution in [2.45, 2.75) is 117 Å². The second kappa shape index (κ2) is 19.4. The Kier molecular flexibility index (Phi) is 18.8. The second-order valence-corrected chi connectivity index (χ2v) is 19.6. The number of carbonyl (C=O) groups excluding carboxylic acids is 1. The van der Waals surface area contributed by atoms with Crippen LogP contribution in [-0.4, -0.2) is 41.9 Å². The van der Waals surface area contributed by atoms with Gasteiger partial charge in [0.15, 0.2) is 16.6 Å². The van der Waals surface area contributed by atoms with Crippen LogP contribution in [0.1, 0.15) is 71.1 Å². The fourth-order valence-electron chi connectivity index (χ4n) is 2.94. The molecule has 0 aliphatic rings. The van der Waals surface area contributed by atoms with Crippen molar-refractivity contribution in [2.24, 2.45) is 0 Å². The van der Waals surface area contributed by atoms with E-state index in [9.17, 15) is 4.79 Å². The third-order valence-electron chi connectivity index (χ3n) is 4.73. The van der Waals surface area contributed by atoms with E-state index in [2.05, 4.69) is 82.7 Å². The molecule has 0 amide bonds. The van der Waals surface area contributed by atoms with Crippen LogP contribution in [-0.2, 0) is 18.4 Å². The predicted octanol–water partition coefficient (Wildman–Crippen LogP) is 8.19. The summed E-state index contributed by atoms with van der Waals surface area (Å²) in [5.41, 5.74) is 0. The Morgan fingerprint density at radius 2 is 1.18 bits per heavy atom. The molecule has 0 saturated carbocycles. The van der Waals surface area contributed by atoms with Gasteiger partial charge < -0.3 is 13.6 Å². The molecule has 0 saturated heterocycles. The van der Waals surface area contributed by atoms with Crippen LogP contribution in [0.5, 0.6) is 0 Å². The van der Waals surface area contributed by atoms with Gasteiger partial charge in [-0.15, -0.1) is 0 Å². The normalized spacial score (nSPS) is 13.2. The van der Waals surface area contributed by atoms with E-state index in [-0.39, 0.29) is 12.1 Å². The standard InChI is InChI=1S/C27H52O4Si2/c1-8-9-10-11-12-13-14-15-16-17-18-19-20-21-22-23-27(28)31-26(24-29-32(2,3)4)25-30-33(5,6)7/h9-10,12-13,15-16,26H,8,11,14,17-25H2,1-7H3/b10-9+,13-12+,16-15+. The minimum absolute atomic E-state index is 0.125. The van der Waals surface area contributed by atoms with Crippen molar-refractivity contribution in [3.05, 3.63) is 36.5 Å². The molecule has 4 nitrogen and oxygen atoms in total. The third kappa shape index (κ3) is 25.5. The Balaban J connectivity index is 3.91. The summed E-state index contributed by atoms with van der Waals surface area (Å²) in [5, 5.41) is 0. The number of ether oxygens (including phenoxy) is 1. The second-order valence-electron chi connectivity index (χ2n) is 10.6. The number of hydrogen-bond acceptors (Lipinski definition) is 4. The van der Waals surface area contributed by atoms with Crippen LogP contribution in [0.3, 0.4) is 0 Å². The maximum absolute atomic E-state index is 12.3. The van der Waals surface area contributed by atoms with Crippen molar-refractivity contribution in [3.8, 4) is 0 Å². The maximum atomic E-state index is 12.3. The van der Waals surface area contributed by atoms with Gasteiger partial charge in [0.05, 0.1) is 13.2 Å². The van der Waals surface area contributed by atoms with Crippen LogP contribution < -0.4 is 0 Å². The van der Waals surface area contributed by atoms with E-state index in [4.69, 9.17) is 13.6 Å². The first kappa shape index (κ1) is 32.0.